The number of aliphatic hydroxyl groups is 2. The largest absolute Gasteiger partial charge is 0.478 e. The van der Waals surface area contributed by atoms with Crippen LogP contribution in [0, 0.1) is 0 Å². The van der Waals surface area contributed by atoms with Gasteiger partial charge in [0.2, 0.25) is 0 Å². The summed E-state index contributed by atoms with van der Waals surface area (Å²) in [5.74, 6) is -3.22. The lowest BCUT2D eigenvalue weighted by molar-refractivity contribution is -0.175. The number of carboxylic acids is 1. The van der Waals surface area contributed by atoms with E-state index in [9.17, 15) is 15.0 Å². The highest BCUT2D eigenvalue weighted by molar-refractivity contribution is 5.89. The van der Waals surface area contributed by atoms with Gasteiger partial charge in [0.05, 0.1) is 5.56 Å². The first-order chi connectivity index (χ1) is 7.49. The lowest BCUT2D eigenvalue weighted by Crippen LogP contribution is -2.27. The fourth-order valence-electron chi connectivity index (χ4n) is 1.58. The second kappa shape index (κ2) is 5.09. The van der Waals surface area contributed by atoms with E-state index in [0.29, 0.717) is 6.42 Å². The minimum Gasteiger partial charge on any atom is -0.478 e. The Morgan fingerprint density at radius 2 is 1.94 bits per heavy atom. The first-order valence-corrected chi connectivity index (χ1v) is 5.26. The van der Waals surface area contributed by atoms with Crippen LogP contribution >= 0.6 is 0 Å². The summed E-state index contributed by atoms with van der Waals surface area (Å²) in [6.45, 7) is 1.93. The first kappa shape index (κ1) is 12.7. The molecule has 4 heteroatoms. The summed E-state index contributed by atoms with van der Waals surface area (Å²) in [5.41, 5.74) is -0.0143. The number of aromatic carboxylic acids is 1. The zero-order chi connectivity index (χ0) is 12.2. The molecule has 0 spiro atoms. The van der Waals surface area contributed by atoms with Crippen LogP contribution in [-0.4, -0.2) is 21.3 Å². The second-order valence-corrected chi connectivity index (χ2v) is 3.77. The van der Waals surface area contributed by atoms with E-state index >= 15 is 0 Å². The molecule has 0 aliphatic carbocycles. The molecule has 16 heavy (non-hydrogen) atoms. The van der Waals surface area contributed by atoms with Gasteiger partial charge in [-0.2, -0.15) is 0 Å². The number of rotatable bonds is 5. The van der Waals surface area contributed by atoms with Gasteiger partial charge in [-0.15, -0.1) is 0 Å². The van der Waals surface area contributed by atoms with E-state index in [1.54, 1.807) is 12.1 Å². The van der Waals surface area contributed by atoms with Crippen molar-refractivity contribution in [1.29, 1.82) is 0 Å². The van der Waals surface area contributed by atoms with Crippen LogP contribution in [-0.2, 0) is 5.79 Å². The van der Waals surface area contributed by atoms with Gasteiger partial charge in [0.25, 0.3) is 0 Å². The van der Waals surface area contributed by atoms with Crippen molar-refractivity contribution < 1.29 is 20.1 Å². The van der Waals surface area contributed by atoms with Crippen molar-refractivity contribution in [3.63, 3.8) is 0 Å². The molecule has 88 valence electrons. The molecule has 0 aromatic heterocycles. The fraction of sp³-hybridized carbons (Fsp3) is 0.417. The number of hydrogen-bond acceptors (Lipinski definition) is 3. The molecule has 0 atom stereocenters. The molecule has 0 saturated heterocycles. The zero-order valence-electron chi connectivity index (χ0n) is 9.18. The molecule has 0 heterocycles. The molecular formula is C12H16O4. The van der Waals surface area contributed by atoms with Crippen molar-refractivity contribution in [3.8, 4) is 0 Å². The molecule has 0 aliphatic heterocycles. The molecule has 4 nitrogen and oxygen atoms in total. The maximum atomic E-state index is 10.9. The van der Waals surface area contributed by atoms with Gasteiger partial charge in [-0.05, 0) is 12.5 Å². The Morgan fingerprint density at radius 3 is 2.50 bits per heavy atom. The molecule has 0 amide bonds. The predicted molar refractivity (Wildman–Crippen MR) is 59.0 cm³/mol. The maximum Gasteiger partial charge on any atom is 0.336 e. The van der Waals surface area contributed by atoms with E-state index in [2.05, 4.69) is 0 Å². The normalized spacial score (nSPS) is 11.4. The molecule has 0 bridgehead atoms. The van der Waals surface area contributed by atoms with E-state index < -0.39 is 11.8 Å². The van der Waals surface area contributed by atoms with Gasteiger partial charge >= 0.3 is 5.97 Å². The van der Waals surface area contributed by atoms with E-state index in [0.717, 1.165) is 6.42 Å². The average Bonchev–Trinajstić information content (AvgIpc) is 2.26. The van der Waals surface area contributed by atoms with Gasteiger partial charge in [0, 0.05) is 12.0 Å². The molecule has 1 aromatic carbocycles. The standard InChI is InChI=1S/C12H16O4/c1-2-3-8-12(15,16)10-7-5-4-6-9(10)11(13)14/h4-7,15-16H,2-3,8H2,1H3,(H,13,14). The molecule has 1 aromatic rings. The Bertz CT molecular complexity index is 371. The number of benzene rings is 1. The van der Waals surface area contributed by atoms with Crippen molar-refractivity contribution in [1.82, 2.24) is 0 Å². The lowest BCUT2D eigenvalue weighted by Gasteiger charge is -2.23. The van der Waals surface area contributed by atoms with Crippen molar-refractivity contribution in [2.45, 2.75) is 32.0 Å². The topological polar surface area (TPSA) is 77.8 Å². The summed E-state index contributed by atoms with van der Waals surface area (Å²) < 4.78 is 0. The molecule has 0 saturated carbocycles. The van der Waals surface area contributed by atoms with Crippen molar-refractivity contribution in [2.24, 2.45) is 0 Å². The SMILES string of the molecule is CCCCC(O)(O)c1ccccc1C(=O)O. The average molecular weight is 224 g/mol. The summed E-state index contributed by atoms with van der Waals surface area (Å²) in [6.07, 6.45) is 1.58. The Kier molecular flexibility index (Phi) is 4.04. The molecule has 0 radical (unpaired) electrons. The van der Waals surface area contributed by atoms with Gasteiger partial charge in [0.1, 0.15) is 0 Å². The summed E-state index contributed by atoms with van der Waals surface area (Å²) in [4.78, 5) is 10.9. The zero-order valence-corrected chi connectivity index (χ0v) is 9.18. The van der Waals surface area contributed by atoms with Gasteiger partial charge in [-0.3, -0.25) is 0 Å². The quantitative estimate of drug-likeness (QED) is 0.665. The summed E-state index contributed by atoms with van der Waals surface area (Å²) in [7, 11) is 0. The minimum absolute atomic E-state index is 0.0518. The smallest absolute Gasteiger partial charge is 0.336 e. The second-order valence-electron chi connectivity index (χ2n) is 3.77. The van der Waals surface area contributed by atoms with Crippen LogP contribution in [0.5, 0.6) is 0 Å². The highest BCUT2D eigenvalue weighted by atomic mass is 16.5. The minimum atomic E-state index is -2.06. The third-order valence-electron chi connectivity index (χ3n) is 2.47. The number of hydrogen-bond donors (Lipinski definition) is 3. The monoisotopic (exact) mass is 224 g/mol. The van der Waals surface area contributed by atoms with Crippen LogP contribution < -0.4 is 0 Å². The Labute approximate surface area is 94.2 Å². The molecule has 0 unspecified atom stereocenters. The first-order valence-electron chi connectivity index (χ1n) is 5.26. The van der Waals surface area contributed by atoms with Crippen molar-refractivity contribution >= 4 is 5.97 Å². The van der Waals surface area contributed by atoms with Crippen molar-refractivity contribution in [2.75, 3.05) is 0 Å². The van der Waals surface area contributed by atoms with E-state index in [-0.39, 0.29) is 17.5 Å². The van der Waals surface area contributed by atoms with Crippen LogP contribution in [0.2, 0.25) is 0 Å². The van der Waals surface area contributed by atoms with Crippen LogP contribution in [0.15, 0.2) is 24.3 Å². The van der Waals surface area contributed by atoms with E-state index in [1.807, 2.05) is 6.92 Å². The third-order valence-corrected chi connectivity index (χ3v) is 2.47. The van der Waals surface area contributed by atoms with Crippen LogP contribution in [0.4, 0.5) is 0 Å². The molecule has 1 rings (SSSR count). The van der Waals surface area contributed by atoms with E-state index in [1.165, 1.54) is 12.1 Å². The molecule has 3 N–H and O–H groups in total. The van der Waals surface area contributed by atoms with Gasteiger partial charge in [-0.1, -0.05) is 31.5 Å². The third kappa shape index (κ3) is 2.81. The highest BCUT2D eigenvalue weighted by Gasteiger charge is 2.29. The maximum absolute atomic E-state index is 10.9. The number of unbranched alkanes of at least 4 members (excludes halogenated alkanes) is 1. The molecular weight excluding hydrogens is 208 g/mol. The van der Waals surface area contributed by atoms with Crippen LogP contribution in [0.1, 0.15) is 42.1 Å². The number of carbonyl (C=O) groups is 1. The van der Waals surface area contributed by atoms with Gasteiger partial charge in [0.15, 0.2) is 5.79 Å². The van der Waals surface area contributed by atoms with Gasteiger partial charge < -0.3 is 15.3 Å². The Morgan fingerprint density at radius 1 is 1.31 bits per heavy atom. The van der Waals surface area contributed by atoms with Gasteiger partial charge in [-0.25, -0.2) is 4.79 Å². The fourth-order valence-corrected chi connectivity index (χ4v) is 1.58. The lowest BCUT2D eigenvalue weighted by atomic mass is 9.95. The van der Waals surface area contributed by atoms with E-state index in [4.69, 9.17) is 5.11 Å². The van der Waals surface area contributed by atoms with Crippen LogP contribution in [0.25, 0.3) is 0 Å². The highest BCUT2D eigenvalue weighted by Crippen LogP contribution is 2.27. The summed E-state index contributed by atoms with van der Waals surface area (Å²) in [6, 6.07) is 5.95. The summed E-state index contributed by atoms with van der Waals surface area (Å²) >= 11 is 0. The molecule has 0 aliphatic rings. The number of carboxylic acid groups (broad SMARTS) is 1. The van der Waals surface area contributed by atoms with Crippen LogP contribution in [0.3, 0.4) is 0 Å². The van der Waals surface area contributed by atoms with Crippen molar-refractivity contribution in [3.05, 3.63) is 35.4 Å². The Balaban J connectivity index is 3.06. The summed E-state index contributed by atoms with van der Waals surface area (Å²) in [5, 5.41) is 28.6. The molecule has 0 fully saturated rings. The Hall–Kier alpha value is -1.39. The predicted octanol–water partition coefficient (Wildman–Crippen LogP) is 1.71.